The van der Waals surface area contributed by atoms with Crippen molar-refractivity contribution in [1.82, 2.24) is 4.90 Å². The SMILES string of the molecule is CC1CCCCN1C(=O)C1CCCCC1. The van der Waals surface area contributed by atoms with E-state index in [1.165, 1.54) is 38.5 Å². The van der Waals surface area contributed by atoms with Crippen LogP contribution < -0.4 is 0 Å². The van der Waals surface area contributed by atoms with Crippen LogP contribution in [0.1, 0.15) is 58.3 Å². The second kappa shape index (κ2) is 5.00. The van der Waals surface area contributed by atoms with Gasteiger partial charge in [-0.05, 0) is 39.0 Å². The van der Waals surface area contributed by atoms with Crippen LogP contribution in [-0.2, 0) is 4.79 Å². The minimum atomic E-state index is 0.360. The molecule has 0 N–H and O–H groups in total. The summed E-state index contributed by atoms with van der Waals surface area (Å²) in [6.07, 6.45) is 9.86. The predicted octanol–water partition coefficient (Wildman–Crippen LogP) is 2.97. The van der Waals surface area contributed by atoms with Crippen LogP contribution in [0.5, 0.6) is 0 Å². The quantitative estimate of drug-likeness (QED) is 0.650. The van der Waals surface area contributed by atoms with E-state index in [-0.39, 0.29) is 0 Å². The third kappa shape index (κ3) is 2.53. The molecule has 0 spiro atoms. The minimum absolute atomic E-state index is 0.360. The minimum Gasteiger partial charge on any atom is -0.340 e. The molecule has 1 unspecified atom stereocenters. The van der Waals surface area contributed by atoms with Crippen LogP contribution in [0.4, 0.5) is 0 Å². The largest absolute Gasteiger partial charge is 0.340 e. The number of carbonyl (C=O) groups excluding carboxylic acids is 1. The Morgan fingerprint density at radius 1 is 1.00 bits per heavy atom. The first-order chi connectivity index (χ1) is 7.29. The highest BCUT2D eigenvalue weighted by molar-refractivity contribution is 5.79. The second-order valence-electron chi connectivity index (χ2n) is 5.21. The van der Waals surface area contributed by atoms with Gasteiger partial charge in [-0.2, -0.15) is 0 Å². The predicted molar refractivity (Wildman–Crippen MR) is 61.6 cm³/mol. The lowest BCUT2D eigenvalue weighted by atomic mass is 9.87. The topological polar surface area (TPSA) is 20.3 Å². The number of carbonyl (C=O) groups is 1. The van der Waals surface area contributed by atoms with E-state index < -0.39 is 0 Å². The van der Waals surface area contributed by atoms with Crippen LogP contribution in [0.15, 0.2) is 0 Å². The van der Waals surface area contributed by atoms with Gasteiger partial charge in [0.15, 0.2) is 0 Å². The molecule has 1 aliphatic carbocycles. The molecule has 86 valence electrons. The summed E-state index contributed by atoms with van der Waals surface area (Å²) in [5.74, 6) is 0.821. The lowest BCUT2D eigenvalue weighted by Crippen LogP contribution is -2.45. The van der Waals surface area contributed by atoms with E-state index in [1.807, 2.05) is 0 Å². The van der Waals surface area contributed by atoms with E-state index in [1.54, 1.807) is 0 Å². The Labute approximate surface area is 93.0 Å². The summed E-state index contributed by atoms with van der Waals surface area (Å²) in [7, 11) is 0. The molecule has 0 aromatic heterocycles. The third-order valence-corrected chi connectivity index (χ3v) is 4.04. The van der Waals surface area contributed by atoms with Crippen molar-refractivity contribution >= 4 is 5.91 Å². The highest BCUT2D eigenvalue weighted by Crippen LogP contribution is 2.28. The molecule has 1 aliphatic heterocycles. The number of likely N-dealkylation sites (tertiary alicyclic amines) is 1. The molecule has 0 aromatic carbocycles. The Balaban J connectivity index is 1.92. The highest BCUT2D eigenvalue weighted by atomic mass is 16.2. The summed E-state index contributed by atoms with van der Waals surface area (Å²) >= 11 is 0. The number of hydrogen-bond donors (Lipinski definition) is 0. The van der Waals surface area contributed by atoms with Crippen molar-refractivity contribution in [3.8, 4) is 0 Å². The average Bonchev–Trinajstić information content (AvgIpc) is 2.30. The summed E-state index contributed by atoms with van der Waals surface area (Å²) in [6, 6.07) is 0.494. The molecule has 1 heterocycles. The molecular formula is C13H23NO. The lowest BCUT2D eigenvalue weighted by molar-refractivity contribution is -0.139. The molecule has 1 saturated heterocycles. The summed E-state index contributed by atoms with van der Waals surface area (Å²) in [5.41, 5.74) is 0. The van der Waals surface area contributed by atoms with E-state index >= 15 is 0 Å². The van der Waals surface area contributed by atoms with E-state index in [4.69, 9.17) is 0 Å². The van der Waals surface area contributed by atoms with Crippen molar-refractivity contribution < 1.29 is 4.79 Å². The van der Waals surface area contributed by atoms with Crippen molar-refractivity contribution in [3.63, 3.8) is 0 Å². The maximum Gasteiger partial charge on any atom is 0.225 e. The van der Waals surface area contributed by atoms with Crippen LogP contribution >= 0.6 is 0 Å². The zero-order chi connectivity index (χ0) is 10.7. The van der Waals surface area contributed by atoms with Gasteiger partial charge < -0.3 is 4.90 Å². The Kier molecular flexibility index (Phi) is 3.66. The van der Waals surface area contributed by atoms with E-state index in [2.05, 4.69) is 11.8 Å². The molecule has 1 amide bonds. The first kappa shape index (κ1) is 11.0. The van der Waals surface area contributed by atoms with E-state index in [9.17, 15) is 4.79 Å². The van der Waals surface area contributed by atoms with Gasteiger partial charge in [-0.25, -0.2) is 0 Å². The maximum atomic E-state index is 12.3. The van der Waals surface area contributed by atoms with Gasteiger partial charge in [-0.1, -0.05) is 19.3 Å². The molecule has 0 radical (unpaired) electrons. The van der Waals surface area contributed by atoms with Gasteiger partial charge in [-0.3, -0.25) is 4.79 Å². The molecule has 15 heavy (non-hydrogen) atoms. The molecule has 2 heteroatoms. The molecule has 2 fully saturated rings. The van der Waals surface area contributed by atoms with Gasteiger partial charge in [0.05, 0.1) is 0 Å². The van der Waals surface area contributed by atoms with Gasteiger partial charge in [0, 0.05) is 18.5 Å². The average molecular weight is 209 g/mol. The Morgan fingerprint density at radius 2 is 1.67 bits per heavy atom. The lowest BCUT2D eigenvalue weighted by Gasteiger charge is -2.36. The molecule has 2 nitrogen and oxygen atoms in total. The van der Waals surface area contributed by atoms with Crippen LogP contribution in [-0.4, -0.2) is 23.4 Å². The first-order valence-electron chi connectivity index (χ1n) is 6.59. The van der Waals surface area contributed by atoms with Crippen molar-refractivity contribution in [2.75, 3.05) is 6.54 Å². The Bertz CT molecular complexity index is 221. The van der Waals surface area contributed by atoms with Crippen LogP contribution in [0, 0.1) is 5.92 Å². The standard InChI is InChI=1S/C13H23NO/c1-11-7-5-6-10-14(11)13(15)12-8-3-2-4-9-12/h11-12H,2-10H2,1H3. The van der Waals surface area contributed by atoms with Gasteiger partial charge >= 0.3 is 0 Å². The fourth-order valence-electron chi connectivity index (χ4n) is 3.01. The Morgan fingerprint density at radius 3 is 2.33 bits per heavy atom. The van der Waals surface area contributed by atoms with Crippen LogP contribution in [0.25, 0.3) is 0 Å². The molecule has 2 aliphatic rings. The molecule has 0 bridgehead atoms. The second-order valence-corrected chi connectivity index (χ2v) is 5.21. The van der Waals surface area contributed by atoms with E-state index in [0.29, 0.717) is 17.9 Å². The van der Waals surface area contributed by atoms with Crippen molar-refractivity contribution in [3.05, 3.63) is 0 Å². The van der Waals surface area contributed by atoms with Crippen molar-refractivity contribution in [1.29, 1.82) is 0 Å². The number of rotatable bonds is 1. The molecule has 1 saturated carbocycles. The molecule has 0 aromatic rings. The zero-order valence-corrected chi connectivity index (χ0v) is 9.87. The molecular weight excluding hydrogens is 186 g/mol. The number of amides is 1. The third-order valence-electron chi connectivity index (χ3n) is 4.04. The van der Waals surface area contributed by atoms with Crippen LogP contribution in [0.2, 0.25) is 0 Å². The first-order valence-corrected chi connectivity index (χ1v) is 6.59. The maximum absolute atomic E-state index is 12.3. The summed E-state index contributed by atoms with van der Waals surface area (Å²) in [4.78, 5) is 14.4. The fourth-order valence-corrected chi connectivity index (χ4v) is 3.01. The van der Waals surface area contributed by atoms with Gasteiger partial charge in [0.25, 0.3) is 0 Å². The van der Waals surface area contributed by atoms with Crippen LogP contribution in [0.3, 0.4) is 0 Å². The molecule has 2 rings (SSSR count). The van der Waals surface area contributed by atoms with Crippen molar-refractivity contribution in [2.45, 2.75) is 64.3 Å². The van der Waals surface area contributed by atoms with Crippen molar-refractivity contribution in [2.24, 2.45) is 5.92 Å². The van der Waals surface area contributed by atoms with Gasteiger partial charge in [-0.15, -0.1) is 0 Å². The summed E-state index contributed by atoms with van der Waals surface area (Å²) < 4.78 is 0. The number of hydrogen-bond acceptors (Lipinski definition) is 1. The number of nitrogens with zero attached hydrogens (tertiary/aromatic N) is 1. The normalized spacial score (nSPS) is 29.1. The summed E-state index contributed by atoms with van der Waals surface area (Å²) in [6.45, 7) is 3.22. The van der Waals surface area contributed by atoms with Gasteiger partial charge in [0.2, 0.25) is 5.91 Å². The van der Waals surface area contributed by atoms with E-state index in [0.717, 1.165) is 19.4 Å². The highest BCUT2D eigenvalue weighted by Gasteiger charge is 2.29. The van der Waals surface area contributed by atoms with Gasteiger partial charge in [0.1, 0.15) is 0 Å². The summed E-state index contributed by atoms with van der Waals surface area (Å²) in [5, 5.41) is 0. The Hall–Kier alpha value is -0.530. The molecule has 1 atom stereocenters. The zero-order valence-electron chi connectivity index (χ0n) is 9.87. The monoisotopic (exact) mass is 209 g/mol. The smallest absolute Gasteiger partial charge is 0.225 e. The fraction of sp³-hybridized carbons (Fsp3) is 0.923. The number of piperidine rings is 1.